The normalized spacial score (nSPS) is 11.3. The molecule has 3 aromatic rings. The maximum atomic E-state index is 12.9. The van der Waals surface area contributed by atoms with Gasteiger partial charge in [0.15, 0.2) is 0 Å². The summed E-state index contributed by atoms with van der Waals surface area (Å²) in [6.07, 6.45) is 1.69. The quantitative estimate of drug-likeness (QED) is 0.612. The number of rotatable bonds is 6. The van der Waals surface area contributed by atoms with Gasteiger partial charge < -0.3 is 5.32 Å². The number of pyridine rings is 1. The molecular formula is C22H26N4O3S. The Morgan fingerprint density at radius 1 is 1.13 bits per heavy atom. The fraction of sp³-hybridized carbons (Fsp3) is 0.364. The lowest BCUT2D eigenvalue weighted by Gasteiger charge is -2.16. The Bertz CT molecular complexity index is 1210. The molecule has 158 valence electrons. The highest BCUT2D eigenvalue weighted by Crippen LogP contribution is 2.32. The zero-order valence-corrected chi connectivity index (χ0v) is 18.7. The second kappa shape index (κ2) is 8.87. The van der Waals surface area contributed by atoms with Gasteiger partial charge >= 0.3 is 5.69 Å². The molecule has 1 aromatic carbocycles. The number of nitrogens with zero attached hydrogens (tertiary/aromatic N) is 3. The van der Waals surface area contributed by atoms with E-state index in [1.54, 1.807) is 13.2 Å². The number of aromatic nitrogens is 3. The summed E-state index contributed by atoms with van der Waals surface area (Å²) in [6.45, 7) is 6.49. The Morgan fingerprint density at radius 3 is 2.43 bits per heavy atom. The topological polar surface area (TPSA) is 86.0 Å². The molecule has 1 amide bonds. The van der Waals surface area contributed by atoms with E-state index in [4.69, 9.17) is 0 Å². The van der Waals surface area contributed by atoms with E-state index in [0.29, 0.717) is 22.5 Å². The van der Waals surface area contributed by atoms with Gasteiger partial charge in [-0.05, 0) is 24.0 Å². The number of carbonyl (C=O) groups excluding carboxylic acids is 1. The SMILES string of the molecule is Cc1ccc(CNC(=O)CSc2c(C(C)C)cnc3c2c(=O)n(C)c(=O)n3C)cc1. The molecule has 3 rings (SSSR count). The van der Waals surface area contributed by atoms with Crippen molar-refractivity contribution in [2.75, 3.05) is 5.75 Å². The first kappa shape index (κ1) is 21.8. The lowest BCUT2D eigenvalue weighted by Crippen LogP contribution is -2.37. The van der Waals surface area contributed by atoms with E-state index in [2.05, 4.69) is 10.3 Å². The minimum absolute atomic E-state index is 0.113. The van der Waals surface area contributed by atoms with E-state index in [0.717, 1.165) is 15.7 Å². The Kier molecular flexibility index (Phi) is 6.45. The summed E-state index contributed by atoms with van der Waals surface area (Å²) in [5.41, 5.74) is 2.59. The van der Waals surface area contributed by atoms with Crippen molar-refractivity contribution in [3.63, 3.8) is 0 Å². The van der Waals surface area contributed by atoms with Crippen LogP contribution in [0.4, 0.5) is 0 Å². The van der Waals surface area contributed by atoms with Gasteiger partial charge in [0.1, 0.15) is 5.65 Å². The van der Waals surface area contributed by atoms with E-state index < -0.39 is 11.2 Å². The van der Waals surface area contributed by atoms with Gasteiger partial charge in [-0.1, -0.05) is 43.7 Å². The monoisotopic (exact) mass is 426 g/mol. The summed E-state index contributed by atoms with van der Waals surface area (Å²) in [5.74, 6) is 0.153. The summed E-state index contributed by atoms with van der Waals surface area (Å²) < 4.78 is 2.44. The Hall–Kier alpha value is -2.87. The van der Waals surface area contributed by atoms with Crippen molar-refractivity contribution in [1.82, 2.24) is 19.4 Å². The minimum Gasteiger partial charge on any atom is -0.351 e. The summed E-state index contributed by atoms with van der Waals surface area (Å²) in [7, 11) is 3.05. The van der Waals surface area contributed by atoms with Crippen LogP contribution in [-0.4, -0.2) is 25.8 Å². The molecule has 1 N–H and O–H groups in total. The van der Waals surface area contributed by atoms with Crippen molar-refractivity contribution in [2.45, 2.75) is 38.1 Å². The van der Waals surface area contributed by atoms with Gasteiger partial charge in [-0.25, -0.2) is 9.78 Å². The van der Waals surface area contributed by atoms with Gasteiger partial charge in [0.25, 0.3) is 5.56 Å². The standard InChI is InChI=1S/C22H26N4O3S/c1-13(2)16-11-24-20-18(21(28)26(5)22(29)25(20)4)19(16)30-12-17(27)23-10-15-8-6-14(3)7-9-15/h6-9,11,13H,10,12H2,1-5H3,(H,23,27). The molecule has 7 nitrogen and oxygen atoms in total. The Morgan fingerprint density at radius 2 is 1.80 bits per heavy atom. The first-order valence-electron chi connectivity index (χ1n) is 9.74. The fourth-order valence-corrected chi connectivity index (χ4v) is 4.33. The van der Waals surface area contributed by atoms with Crippen molar-refractivity contribution < 1.29 is 4.79 Å². The maximum Gasteiger partial charge on any atom is 0.332 e. The smallest absolute Gasteiger partial charge is 0.332 e. The average Bonchev–Trinajstić information content (AvgIpc) is 2.73. The number of nitrogens with one attached hydrogen (secondary N) is 1. The van der Waals surface area contributed by atoms with Crippen molar-refractivity contribution in [1.29, 1.82) is 0 Å². The van der Waals surface area contributed by atoms with E-state index in [1.165, 1.54) is 28.9 Å². The molecule has 0 unspecified atom stereocenters. The van der Waals surface area contributed by atoms with Crippen molar-refractivity contribution in [3.05, 3.63) is 68.0 Å². The molecule has 0 aliphatic heterocycles. The van der Waals surface area contributed by atoms with E-state index in [1.807, 2.05) is 45.0 Å². The van der Waals surface area contributed by atoms with Crippen molar-refractivity contribution in [2.24, 2.45) is 14.1 Å². The average molecular weight is 427 g/mol. The Balaban J connectivity index is 1.89. The first-order valence-corrected chi connectivity index (χ1v) is 10.7. The van der Waals surface area contributed by atoms with Crippen LogP contribution in [0.5, 0.6) is 0 Å². The molecule has 0 saturated carbocycles. The Labute approximate surface area is 179 Å². The molecule has 2 heterocycles. The number of amides is 1. The number of carbonyl (C=O) groups is 1. The van der Waals surface area contributed by atoms with Gasteiger partial charge in [-0.3, -0.25) is 18.7 Å². The fourth-order valence-electron chi connectivity index (χ4n) is 3.18. The van der Waals surface area contributed by atoms with Crippen LogP contribution >= 0.6 is 11.8 Å². The number of hydrogen-bond acceptors (Lipinski definition) is 5. The van der Waals surface area contributed by atoms with E-state index >= 15 is 0 Å². The third-order valence-electron chi connectivity index (χ3n) is 5.03. The highest BCUT2D eigenvalue weighted by Gasteiger charge is 2.20. The van der Waals surface area contributed by atoms with Crippen LogP contribution in [0.25, 0.3) is 11.0 Å². The largest absolute Gasteiger partial charge is 0.351 e. The highest BCUT2D eigenvalue weighted by molar-refractivity contribution is 8.00. The molecule has 0 spiro atoms. The summed E-state index contributed by atoms with van der Waals surface area (Å²) in [6, 6.07) is 7.99. The lowest BCUT2D eigenvalue weighted by atomic mass is 10.0. The van der Waals surface area contributed by atoms with Crippen LogP contribution in [0.3, 0.4) is 0 Å². The molecule has 0 bridgehead atoms. The molecule has 2 aromatic heterocycles. The van der Waals surface area contributed by atoms with Gasteiger partial charge in [0.2, 0.25) is 5.91 Å². The summed E-state index contributed by atoms with van der Waals surface area (Å²) in [5, 5.41) is 3.29. The highest BCUT2D eigenvalue weighted by atomic mass is 32.2. The van der Waals surface area contributed by atoms with Gasteiger partial charge in [0, 0.05) is 31.7 Å². The number of aryl methyl sites for hydroxylation is 2. The molecular weight excluding hydrogens is 400 g/mol. The zero-order valence-electron chi connectivity index (χ0n) is 17.9. The van der Waals surface area contributed by atoms with Crippen LogP contribution in [0, 0.1) is 6.92 Å². The summed E-state index contributed by atoms with van der Waals surface area (Å²) >= 11 is 1.31. The van der Waals surface area contributed by atoms with Gasteiger partial charge in [0.05, 0.1) is 11.1 Å². The second-order valence-electron chi connectivity index (χ2n) is 7.65. The maximum absolute atomic E-state index is 12.9. The summed E-state index contributed by atoms with van der Waals surface area (Å²) in [4.78, 5) is 42.7. The zero-order chi connectivity index (χ0) is 22.0. The molecule has 8 heteroatoms. The van der Waals surface area contributed by atoms with Gasteiger partial charge in [-0.15, -0.1) is 11.8 Å². The number of fused-ring (bicyclic) bond motifs is 1. The van der Waals surface area contributed by atoms with Gasteiger partial charge in [-0.2, -0.15) is 0 Å². The number of thioether (sulfide) groups is 1. The number of benzene rings is 1. The van der Waals surface area contributed by atoms with E-state index in [9.17, 15) is 14.4 Å². The van der Waals surface area contributed by atoms with Crippen LogP contribution in [0.15, 0.2) is 44.9 Å². The van der Waals surface area contributed by atoms with Crippen LogP contribution in [-0.2, 0) is 25.4 Å². The van der Waals surface area contributed by atoms with Crippen molar-refractivity contribution >= 4 is 28.7 Å². The van der Waals surface area contributed by atoms with Crippen LogP contribution in [0.2, 0.25) is 0 Å². The predicted molar refractivity (Wildman–Crippen MR) is 120 cm³/mol. The molecule has 0 atom stereocenters. The lowest BCUT2D eigenvalue weighted by molar-refractivity contribution is -0.118. The first-order chi connectivity index (χ1) is 14.2. The molecule has 0 saturated heterocycles. The van der Waals surface area contributed by atoms with Crippen molar-refractivity contribution in [3.8, 4) is 0 Å². The molecule has 0 aliphatic carbocycles. The van der Waals surface area contributed by atoms with Crippen LogP contribution in [0.1, 0.15) is 36.5 Å². The predicted octanol–water partition coefficient (Wildman–Crippen LogP) is 2.47. The third-order valence-corrected chi connectivity index (χ3v) is 6.16. The molecule has 0 radical (unpaired) electrons. The molecule has 30 heavy (non-hydrogen) atoms. The second-order valence-corrected chi connectivity index (χ2v) is 8.64. The molecule has 0 fully saturated rings. The van der Waals surface area contributed by atoms with E-state index in [-0.39, 0.29) is 17.6 Å². The third kappa shape index (κ3) is 4.33. The molecule has 0 aliphatic rings. The number of hydrogen-bond donors (Lipinski definition) is 1. The minimum atomic E-state index is -0.427. The van der Waals surface area contributed by atoms with Crippen LogP contribution < -0.4 is 16.6 Å².